The minimum atomic E-state index is -0.270. The maximum atomic E-state index is 12.4. The van der Waals surface area contributed by atoms with Gasteiger partial charge in [0.1, 0.15) is 5.75 Å². The van der Waals surface area contributed by atoms with Gasteiger partial charge in [-0.25, -0.2) is 5.43 Å². The van der Waals surface area contributed by atoms with E-state index in [1.54, 1.807) is 37.6 Å². The molecule has 4 aromatic carbocycles. The number of hydrazone groups is 1. The first-order valence-corrected chi connectivity index (χ1v) is 10.7. The van der Waals surface area contributed by atoms with E-state index in [4.69, 9.17) is 4.74 Å². The lowest BCUT2D eigenvalue weighted by Crippen LogP contribution is -2.17. The first-order valence-electron chi connectivity index (χ1n) is 10.7. The second kappa shape index (κ2) is 9.01. The van der Waals surface area contributed by atoms with Gasteiger partial charge in [-0.3, -0.25) is 4.79 Å². The van der Waals surface area contributed by atoms with E-state index in [0.717, 1.165) is 23.0 Å². The number of rotatable bonds is 6. The number of para-hydroxylation sites is 1. The van der Waals surface area contributed by atoms with Gasteiger partial charge in [0.2, 0.25) is 0 Å². The Hall–Kier alpha value is -4.38. The molecule has 0 atom stereocenters. The number of nitrogens with zero attached hydrogens (tertiary/aromatic N) is 2. The summed E-state index contributed by atoms with van der Waals surface area (Å²) in [5, 5.41) is 7.75. The van der Waals surface area contributed by atoms with Crippen LogP contribution in [0, 0.1) is 0 Å². The van der Waals surface area contributed by atoms with Crippen molar-refractivity contribution in [3.05, 3.63) is 114 Å². The van der Waals surface area contributed by atoms with Crippen LogP contribution in [0.2, 0.25) is 0 Å². The van der Waals surface area contributed by atoms with Crippen molar-refractivity contribution < 1.29 is 9.53 Å². The minimum absolute atomic E-state index is 0.270. The predicted molar refractivity (Wildman–Crippen MR) is 133 cm³/mol. The second-order valence-electron chi connectivity index (χ2n) is 7.84. The number of hydrogen-bond donors (Lipinski definition) is 1. The summed E-state index contributed by atoms with van der Waals surface area (Å²) in [5.41, 5.74) is 6.42. The molecule has 0 unspecified atom stereocenters. The maximum Gasteiger partial charge on any atom is 0.271 e. The third kappa shape index (κ3) is 4.34. The number of amides is 1. The summed E-state index contributed by atoms with van der Waals surface area (Å²) in [6.07, 6.45) is 3.77. The Bertz CT molecular complexity index is 1470. The molecule has 0 aliphatic carbocycles. The quantitative estimate of drug-likeness (QED) is 0.279. The highest BCUT2D eigenvalue weighted by molar-refractivity contribution is 6.00. The largest absolute Gasteiger partial charge is 0.497 e. The number of aromatic nitrogens is 1. The van der Waals surface area contributed by atoms with Gasteiger partial charge in [0.05, 0.1) is 13.3 Å². The van der Waals surface area contributed by atoms with Crippen LogP contribution in [0.3, 0.4) is 0 Å². The molecule has 1 N–H and O–H groups in total. The van der Waals surface area contributed by atoms with E-state index in [-0.39, 0.29) is 5.91 Å². The summed E-state index contributed by atoms with van der Waals surface area (Å²) < 4.78 is 7.35. The first kappa shape index (κ1) is 20.5. The fraction of sp³-hybridized carbons (Fsp3) is 0.0714. The highest BCUT2D eigenvalue weighted by Crippen LogP contribution is 2.23. The van der Waals surface area contributed by atoms with E-state index in [0.29, 0.717) is 11.3 Å². The lowest BCUT2D eigenvalue weighted by Gasteiger charge is -2.07. The van der Waals surface area contributed by atoms with Crippen molar-refractivity contribution in [1.82, 2.24) is 9.99 Å². The molecule has 5 heteroatoms. The minimum Gasteiger partial charge on any atom is -0.497 e. The predicted octanol–water partition coefficient (Wildman–Crippen LogP) is 5.62. The molecule has 0 fully saturated rings. The monoisotopic (exact) mass is 433 g/mol. The van der Waals surface area contributed by atoms with Crippen molar-refractivity contribution in [3.8, 4) is 5.75 Å². The van der Waals surface area contributed by atoms with Gasteiger partial charge >= 0.3 is 0 Å². The number of carbonyl (C=O) groups excluding carboxylic acids is 1. The smallest absolute Gasteiger partial charge is 0.271 e. The SMILES string of the molecule is COc1ccc(C(=O)N/N=C/c2cn(Cc3ccc4ccccc4c3)c3ccccc23)cc1. The second-order valence-corrected chi connectivity index (χ2v) is 7.84. The summed E-state index contributed by atoms with van der Waals surface area (Å²) >= 11 is 0. The van der Waals surface area contributed by atoms with Gasteiger partial charge in [0, 0.05) is 34.8 Å². The lowest BCUT2D eigenvalue weighted by atomic mass is 10.1. The molecule has 0 saturated heterocycles. The van der Waals surface area contributed by atoms with Gasteiger partial charge in [-0.15, -0.1) is 0 Å². The molecule has 162 valence electrons. The average Bonchev–Trinajstić information content (AvgIpc) is 3.21. The summed E-state index contributed by atoms with van der Waals surface area (Å²) in [5.74, 6) is 0.433. The van der Waals surface area contributed by atoms with Crippen LogP contribution in [0.4, 0.5) is 0 Å². The summed E-state index contributed by atoms with van der Waals surface area (Å²) in [6.45, 7) is 0.747. The van der Waals surface area contributed by atoms with E-state index in [2.05, 4.69) is 75.9 Å². The molecule has 33 heavy (non-hydrogen) atoms. The fourth-order valence-corrected chi connectivity index (χ4v) is 4.01. The normalized spacial score (nSPS) is 11.3. The molecule has 0 spiro atoms. The van der Waals surface area contributed by atoms with Crippen LogP contribution in [0.15, 0.2) is 102 Å². The number of fused-ring (bicyclic) bond motifs is 2. The van der Waals surface area contributed by atoms with E-state index < -0.39 is 0 Å². The van der Waals surface area contributed by atoms with Crippen molar-refractivity contribution in [2.45, 2.75) is 6.54 Å². The van der Waals surface area contributed by atoms with Gasteiger partial charge in [-0.1, -0.05) is 54.6 Å². The molecular weight excluding hydrogens is 410 g/mol. The lowest BCUT2D eigenvalue weighted by molar-refractivity contribution is 0.0955. The van der Waals surface area contributed by atoms with Gasteiger partial charge in [-0.05, 0) is 52.7 Å². The van der Waals surface area contributed by atoms with Crippen LogP contribution in [0.5, 0.6) is 5.75 Å². The zero-order valence-corrected chi connectivity index (χ0v) is 18.2. The number of nitrogens with one attached hydrogen (secondary N) is 1. The zero-order valence-electron chi connectivity index (χ0n) is 18.2. The number of carbonyl (C=O) groups is 1. The Morgan fingerprint density at radius 2 is 1.70 bits per heavy atom. The molecule has 5 nitrogen and oxygen atoms in total. The highest BCUT2D eigenvalue weighted by atomic mass is 16.5. The fourth-order valence-electron chi connectivity index (χ4n) is 4.01. The first-order chi connectivity index (χ1) is 16.2. The molecule has 5 rings (SSSR count). The summed E-state index contributed by atoms with van der Waals surface area (Å²) in [6, 6.07) is 30.1. The molecule has 0 aliphatic heterocycles. The zero-order chi connectivity index (χ0) is 22.6. The van der Waals surface area contributed by atoms with E-state index in [1.165, 1.54) is 16.3 Å². The summed E-state index contributed by atoms with van der Waals surface area (Å²) in [4.78, 5) is 12.4. The number of hydrogen-bond acceptors (Lipinski definition) is 3. The average molecular weight is 434 g/mol. The van der Waals surface area contributed by atoms with E-state index >= 15 is 0 Å². The number of methoxy groups -OCH3 is 1. The molecule has 1 aromatic heterocycles. The topological polar surface area (TPSA) is 55.6 Å². The van der Waals surface area contributed by atoms with Crippen LogP contribution in [0.25, 0.3) is 21.7 Å². The summed E-state index contributed by atoms with van der Waals surface area (Å²) in [7, 11) is 1.59. The highest BCUT2D eigenvalue weighted by Gasteiger charge is 2.09. The maximum absolute atomic E-state index is 12.4. The van der Waals surface area contributed by atoms with Crippen molar-refractivity contribution in [2.75, 3.05) is 7.11 Å². The Labute approximate surface area is 191 Å². The Morgan fingerprint density at radius 3 is 2.52 bits per heavy atom. The van der Waals surface area contributed by atoms with Crippen LogP contribution < -0.4 is 10.2 Å². The molecular formula is C28H23N3O2. The van der Waals surface area contributed by atoms with E-state index in [1.807, 2.05) is 12.1 Å². The molecule has 1 heterocycles. The third-order valence-electron chi connectivity index (χ3n) is 5.71. The molecule has 1 amide bonds. The molecule has 0 bridgehead atoms. The number of ether oxygens (including phenoxy) is 1. The Morgan fingerprint density at radius 1 is 0.939 bits per heavy atom. The van der Waals surface area contributed by atoms with Gasteiger partial charge in [0.25, 0.3) is 5.91 Å². The van der Waals surface area contributed by atoms with Crippen LogP contribution in [-0.4, -0.2) is 23.8 Å². The third-order valence-corrected chi connectivity index (χ3v) is 5.71. The molecule has 5 aromatic rings. The van der Waals surface area contributed by atoms with Crippen molar-refractivity contribution in [1.29, 1.82) is 0 Å². The van der Waals surface area contributed by atoms with Crippen molar-refractivity contribution in [2.24, 2.45) is 5.10 Å². The van der Waals surface area contributed by atoms with Crippen LogP contribution >= 0.6 is 0 Å². The molecule has 0 radical (unpaired) electrons. The Kier molecular flexibility index (Phi) is 5.60. The number of benzene rings is 4. The van der Waals surface area contributed by atoms with Gasteiger partial charge in [0.15, 0.2) is 0 Å². The molecule has 0 aliphatic rings. The van der Waals surface area contributed by atoms with Crippen LogP contribution in [0.1, 0.15) is 21.5 Å². The molecule has 0 saturated carbocycles. The Balaban J connectivity index is 1.38. The van der Waals surface area contributed by atoms with Crippen molar-refractivity contribution >= 4 is 33.8 Å². The van der Waals surface area contributed by atoms with Gasteiger partial charge < -0.3 is 9.30 Å². The van der Waals surface area contributed by atoms with Gasteiger partial charge in [-0.2, -0.15) is 5.10 Å². The van der Waals surface area contributed by atoms with Crippen molar-refractivity contribution in [3.63, 3.8) is 0 Å². The standard InChI is InChI=1S/C28H23N3O2/c1-33-25-14-12-22(13-15-25)28(32)30-29-17-24-19-31(27-9-5-4-8-26(24)27)18-20-10-11-21-6-2-3-7-23(21)16-20/h2-17,19H,18H2,1H3,(H,30,32)/b29-17+. The van der Waals surface area contributed by atoms with Crippen LogP contribution in [-0.2, 0) is 6.54 Å². The van der Waals surface area contributed by atoms with E-state index in [9.17, 15) is 4.79 Å².